The van der Waals surface area contributed by atoms with Gasteiger partial charge in [0.2, 0.25) is 0 Å². The maximum absolute atomic E-state index is 13.8. The molecule has 0 bridgehead atoms. The summed E-state index contributed by atoms with van der Waals surface area (Å²) in [4.78, 5) is 15.4. The van der Waals surface area contributed by atoms with E-state index in [1.165, 1.54) is 10.7 Å². The molecule has 1 aromatic heterocycles. The molecule has 6 heteroatoms. The van der Waals surface area contributed by atoms with Gasteiger partial charge in [0.05, 0.1) is 12.2 Å². The van der Waals surface area contributed by atoms with Crippen molar-refractivity contribution in [3.05, 3.63) is 93.5 Å². The van der Waals surface area contributed by atoms with Gasteiger partial charge in [0, 0.05) is 43.9 Å². The Labute approximate surface area is 181 Å². The maximum Gasteiger partial charge on any atom is 0.271 e. The summed E-state index contributed by atoms with van der Waals surface area (Å²) < 4.78 is 15.3. The zero-order chi connectivity index (χ0) is 21.6. The number of piperazine rings is 1. The highest BCUT2D eigenvalue weighted by Gasteiger charge is 2.15. The van der Waals surface area contributed by atoms with Gasteiger partial charge >= 0.3 is 0 Å². The van der Waals surface area contributed by atoms with Gasteiger partial charge in [-0.1, -0.05) is 42.5 Å². The van der Waals surface area contributed by atoms with Crippen molar-refractivity contribution in [2.45, 2.75) is 20.0 Å². The van der Waals surface area contributed by atoms with E-state index < -0.39 is 0 Å². The van der Waals surface area contributed by atoms with E-state index in [0.29, 0.717) is 29.9 Å². The molecule has 31 heavy (non-hydrogen) atoms. The molecule has 4 rings (SSSR count). The van der Waals surface area contributed by atoms with Gasteiger partial charge in [-0.15, -0.1) is 0 Å². The smallest absolute Gasteiger partial charge is 0.271 e. The second-order valence-electron chi connectivity index (χ2n) is 7.85. The Balaban J connectivity index is 1.67. The average molecular weight is 419 g/mol. The van der Waals surface area contributed by atoms with Gasteiger partial charge < -0.3 is 5.32 Å². The van der Waals surface area contributed by atoms with Gasteiger partial charge in [-0.25, -0.2) is 9.07 Å². The van der Waals surface area contributed by atoms with Gasteiger partial charge in [0.25, 0.3) is 5.56 Å². The lowest BCUT2D eigenvalue weighted by Gasteiger charge is -2.27. The van der Waals surface area contributed by atoms with Crippen molar-refractivity contribution in [2.24, 2.45) is 0 Å². The SMILES string of the molecule is Cc1cc(-c2cc(CN3CCNCC3)c(=O)n(CC=Cc3ccccc3)n2)ccc1F. The van der Waals surface area contributed by atoms with Gasteiger partial charge in [0.15, 0.2) is 0 Å². The Morgan fingerprint density at radius 3 is 2.61 bits per heavy atom. The number of hydrogen-bond acceptors (Lipinski definition) is 4. The number of allylic oxidation sites excluding steroid dienone is 1. The first-order valence-corrected chi connectivity index (χ1v) is 10.6. The molecule has 0 aliphatic carbocycles. The first-order chi connectivity index (χ1) is 15.1. The Hall–Kier alpha value is -3.09. The normalized spacial score (nSPS) is 14.9. The van der Waals surface area contributed by atoms with E-state index >= 15 is 0 Å². The summed E-state index contributed by atoms with van der Waals surface area (Å²) in [5.74, 6) is -0.246. The van der Waals surface area contributed by atoms with Crippen molar-refractivity contribution in [3.8, 4) is 11.3 Å². The highest BCUT2D eigenvalue weighted by Crippen LogP contribution is 2.20. The number of nitrogens with one attached hydrogen (secondary N) is 1. The monoisotopic (exact) mass is 418 g/mol. The third kappa shape index (κ3) is 5.34. The summed E-state index contributed by atoms with van der Waals surface area (Å²) in [5.41, 5.74) is 3.74. The van der Waals surface area contributed by atoms with Crippen LogP contribution in [0.2, 0.25) is 0 Å². The Morgan fingerprint density at radius 2 is 1.87 bits per heavy atom. The topological polar surface area (TPSA) is 50.2 Å². The molecule has 1 N–H and O–H groups in total. The van der Waals surface area contributed by atoms with Crippen molar-refractivity contribution in [2.75, 3.05) is 26.2 Å². The van der Waals surface area contributed by atoms with Crippen molar-refractivity contribution in [1.82, 2.24) is 20.0 Å². The molecule has 3 aromatic rings. The molecule has 160 valence electrons. The molecule has 1 aliphatic rings. The van der Waals surface area contributed by atoms with Gasteiger partial charge in [0.1, 0.15) is 5.82 Å². The molecule has 1 aliphatic heterocycles. The number of aryl methyl sites for hydroxylation is 1. The molecule has 1 saturated heterocycles. The molecule has 0 amide bonds. The van der Waals surface area contributed by atoms with Gasteiger partial charge in [-0.05, 0) is 42.3 Å². The number of hydrogen-bond donors (Lipinski definition) is 1. The van der Waals surface area contributed by atoms with Crippen LogP contribution < -0.4 is 10.9 Å². The quantitative estimate of drug-likeness (QED) is 0.666. The fourth-order valence-electron chi connectivity index (χ4n) is 3.74. The van der Waals surface area contributed by atoms with Crippen LogP contribution in [0.3, 0.4) is 0 Å². The largest absolute Gasteiger partial charge is 0.314 e. The minimum Gasteiger partial charge on any atom is -0.314 e. The molecule has 0 atom stereocenters. The van der Waals surface area contributed by atoms with Crippen LogP contribution in [-0.4, -0.2) is 40.9 Å². The Bertz CT molecular complexity index is 1120. The van der Waals surface area contributed by atoms with E-state index in [1.54, 1.807) is 19.1 Å². The molecule has 5 nitrogen and oxygen atoms in total. The fourth-order valence-corrected chi connectivity index (χ4v) is 3.74. The molecule has 0 saturated carbocycles. The summed E-state index contributed by atoms with van der Waals surface area (Å²) in [7, 11) is 0. The first-order valence-electron chi connectivity index (χ1n) is 10.6. The Kier molecular flexibility index (Phi) is 6.70. The van der Waals surface area contributed by atoms with E-state index in [1.807, 2.05) is 48.6 Å². The Morgan fingerprint density at radius 1 is 1.10 bits per heavy atom. The van der Waals surface area contributed by atoms with Crippen molar-refractivity contribution >= 4 is 6.08 Å². The van der Waals surface area contributed by atoms with Crippen LogP contribution in [0, 0.1) is 12.7 Å². The van der Waals surface area contributed by atoms with E-state index in [9.17, 15) is 9.18 Å². The molecule has 0 spiro atoms. The first kappa shape index (κ1) is 21.2. The number of rotatable bonds is 6. The molecule has 2 heterocycles. The lowest BCUT2D eigenvalue weighted by molar-refractivity contribution is 0.231. The maximum atomic E-state index is 13.8. The summed E-state index contributed by atoms with van der Waals surface area (Å²) in [5, 5.41) is 7.93. The molecule has 1 fully saturated rings. The van der Waals surface area contributed by atoms with Crippen LogP contribution in [0.5, 0.6) is 0 Å². The van der Waals surface area contributed by atoms with Gasteiger partial charge in [-0.2, -0.15) is 5.10 Å². The van der Waals surface area contributed by atoms with Crippen LogP contribution in [-0.2, 0) is 13.1 Å². The lowest BCUT2D eigenvalue weighted by atomic mass is 10.1. The van der Waals surface area contributed by atoms with Crippen molar-refractivity contribution in [1.29, 1.82) is 0 Å². The zero-order valence-electron chi connectivity index (χ0n) is 17.7. The zero-order valence-corrected chi connectivity index (χ0v) is 17.7. The highest BCUT2D eigenvalue weighted by molar-refractivity contribution is 5.60. The predicted octanol–water partition coefficient (Wildman–Crippen LogP) is 3.48. The van der Waals surface area contributed by atoms with Crippen LogP contribution >= 0.6 is 0 Å². The highest BCUT2D eigenvalue weighted by atomic mass is 19.1. The van der Waals surface area contributed by atoms with Crippen molar-refractivity contribution in [3.63, 3.8) is 0 Å². The summed E-state index contributed by atoms with van der Waals surface area (Å²) in [6.45, 7) is 6.33. The second-order valence-corrected chi connectivity index (χ2v) is 7.85. The third-order valence-electron chi connectivity index (χ3n) is 5.49. The van der Waals surface area contributed by atoms with E-state index in [0.717, 1.165) is 37.3 Å². The number of aromatic nitrogens is 2. The number of nitrogens with zero attached hydrogens (tertiary/aromatic N) is 3. The van der Waals surface area contributed by atoms with Crippen LogP contribution in [0.1, 0.15) is 16.7 Å². The molecular formula is C25H27FN4O. The lowest BCUT2D eigenvalue weighted by Crippen LogP contribution is -2.44. The predicted molar refractivity (Wildman–Crippen MR) is 122 cm³/mol. The minimum absolute atomic E-state index is 0.0844. The fraction of sp³-hybridized carbons (Fsp3) is 0.280. The van der Waals surface area contributed by atoms with E-state index in [4.69, 9.17) is 0 Å². The standard InChI is InChI=1S/C25H27FN4O/c1-19-16-21(9-10-23(19)26)24-17-22(18-29-14-11-27-12-15-29)25(31)30(28-24)13-5-8-20-6-3-2-4-7-20/h2-10,16-17,27H,11-15,18H2,1H3. The third-order valence-corrected chi connectivity index (χ3v) is 5.49. The van der Waals surface area contributed by atoms with Gasteiger partial charge in [-0.3, -0.25) is 9.69 Å². The molecule has 0 unspecified atom stereocenters. The van der Waals surface area contributed by atoms with Crippen LogP contribution in [0.4, 0.5) is 4.39 Å². The summed E-state index contributed by atoms with van der Waals surface area (Å²) in [6, 6.07) is 16.8. The molecular weight excluding hydrogens is 391 g/mol. The second kappa shape index (κ2) is 9.81. The number of halogens is 1. The van der Waals surface area contributed by atoms with Crippen molar-refractivity contribution < 1.29 is 4.39 Å². The minimum atomic E-state index is -0.246. The molecule has 2 aromatic carbocycles. The average Bonchev–Trinajstić information content (AvgIpc) is 2.79. The van der Waals surface area contributed by atoms with Crippen LogP contribution in [0.15, 0.2) is 65.5 Å². The van der Waals surface area contributed by atoms with E-state index in [2.05, 4.69) is 15.3 Å². The number of benzene rings is 2. The van der Waals surface area contributed by atoms with Crippen LogP contribution in [0.25, 0.3) is 17.3 Å². The molecule has 0 radical (unpaired) electrons. The summed E-state index contributed by atoms with van der Waals surface area (Å²) in [6.07, 6.45) is 3.93. The van der Waals surface area contributed by atoms with E-state index in [-0.39, 0.29) is 11.4 Å². The summed E-state index contributed by atoms with van der Waals surface area (Å²) >= 11 is 0.